The van der Waals surface area contributed by atoms with Crippen LogP contribution in [-0.2, 0) is 21.9 Å². The molecule has 0 aliphatic heterocycles. The lowest BCUT2D eigenvalue weighted by Crippen LogP contribution is -2.50. The summed E-state index contributed by atoms with van der Waals surface area (Å²) in [5.41, 5.74) is 1.56. The summed E-state index contributed by atoms with van der Waals surface area (Å²) in [6.07, 6.45) is 4.19. The van der Waals surface area contributed by atoms with Crippen molar-refractivity contribution in [3.63, 3.8) is 0 Å². The van der Waals surface area contributed by atoms with E-state index in [9.17, 15) is 14.0 Å². The molecular formula is C24H29FN2O2S. The maximum absolute atomic E-state index is 14.2. The van der Waals surface area contributed by atoms with Crippen LogP contribution in [0.25, 0.3) is 0 Å². The van der Waals surface area contributed by atoms with Gasteiger partial charge in [-0.1, -0.05) is 61.4 Å². The molecule has 1 N–H and O–H groups in total. The Kier molecular flexibility index (Phi) is 8.31. The van der Waals surface area contributed by atoms with Gasteiger partial charge in [-0.15, -0.1) is 11.8 Å². The lowest BCUT2D eigenvalue weighted by molar-refractivity contribution is -0.139. The molecule has 0 unspecified atom stereocenters. The smallest absolute Gasteiger partial charge is 0.242 e. The van der Waals surface area contributed by atoms with E-state index >= 15 is 0 Å². The number of benzene rings is 2. The molecule has 3 rings (SSSR count). The largest absolute Gasteiger partial charge is 0.352 e. The van der Waals surface area contributed by atoms with Crippen LogP contribution in [0.4, 0.5) is 4.39 Å². The summed E-state index contributed by atoms with van der Waals surface area (Å²) in [5.74, 6) is 0.260. The first kappa shape index (κ1) is 22.3. The predicted molar refractivity (Wildman–Crippen MR) is 119 cm³/mol. The van der Waals surface area contributed by atoms with Crippen molar-refractivity contribution in [1.29, 1.82) is 0 Å². The second kappa shape index (κ2) is 11.2. The number of halogens is 1. The molecule has 0 spiro atoms. The highest BCUT2D eigenvalue weighted by Crippen LogP contribution is 2.20. The highest BCUT2D eigenvalue weighted by atomic mass is 32.2. The Bertz CT molecular complexity index is 840. The molecule has 1 aliphatic carbocycles. The van der Waals surface area contributed by atoms with Crippen LogP contribution >= 0.6 is 11.8 Å². The average Bonchev–Trinajstić information content (AvgIpc) is 3.26. The summed E-state index contributed by atoms with van der Waals surface area (Å²) in [7, 11) is 0. The van der Waals surface area contributed by atoms with Gasteiger partial charge in [0.25, 0.3) is 0 Å². The zero-order valence-electron chi connectivity index (χ0n) is 17.4. The van der Waals surface area contributed by atoms with E-state index in [1.165, 1.54) is 22.7 Å². The molecule has 2 amide bonds. The Labute approximate surface area is 182 Å². The Balaban J connectivity index is 1.66. The van der Waals surface area contributed by atoms with Crippen molar-refractivity contribution >= 4 is 23.6 Å². The second-order valence-corrected chi connectivity index (χ2v) is 8.74. The van der Waals surface area contributed by atoms with Crippen LogP contribution < -0.4 is 5.32 Å². The van der Waals surface area contributed by atoms with Crippen LogP contribution in [-0.4, -0.2) is 34.6 Å². The molecule has 0 saturated heterocycles. The van der Waals surface area contributed by atoms with Gasteiger partial charge >= 0.3 is 0 Å². The van der Waals surface area contributed by atoms with Crippen molar-refractivity contribution in [2.75, 3.05) is 5.75 Å². The van der Waals surface area contributed by atoms with Gasteiger partial charge in [-0.05, 0) is 31.4 Å². The van der Waals surface area contributed by atoms with Gasteiger partial charge < -0.3 is 10.2 Å². The SMILES string of the molecule is C[C@@H](C(=O)NC1CCCC1)N(Cc1ccccc1F)C(=O)CSCc1ccccc1. The zero-order chi connectivity index (χ0) is 21.3. The van der Waals surface area contributed by atoms with Crippen molar-refractivity contribution in [3.8, 4) is 0 Å². The van der Waals surface area contributed by atoms with E-state index < -0.39 is 6.04 Å². The molecular weight excluding hydrogens is 399 g/mol. The molecule has 2 aromatic carbocycles. The van der Waals surface area contributed by atoms with Crippen LogP contribution in [0, 0.1) is 5.82 Å². The molecule has 1 aliphatic rings. The van der Waals surface area contributed by atoms with E-state index in [1.807, 2.05) is 30.3 Å². The molecule has 0 heterocycles. The van der Waals surface area contributed by atoms with Gasteiger partial charge in [0.15, 0.2) is 0 Å². The summed E-state index contributed by atoms with van der Waals surface area (Å²) in [4.78, 5) is 27.3. The molecule has 6 heteroatoms. The average molecular weight is 429 g/mol. The maximum Gasteiger partial charge on any atom is 0.242 e. The lowest BCUT2D eigenvalue weighted by atomic mass is 10.1. The summed E-state index contributed by atoms with van der Waals surface area (Å²) in [5, 5.41) is 3.06. The monoisotopic (exact) mass is 428 g/mol. The maximum atomic E-state index is 14.2. The number of rotatable bonds is 9. The number of thioether (sulfide) groups is 1. The quantitative estimate of drug-likeness (QED) is 0.638. The Morgan fingerprint density at radius 2 is 1.77 bits per heavy atom. The molecule has 0 aromatic heterocycles. The fraction of sp³-hybridized carbons (Fsp3) is 0.417. The molecule has 0 radical (unpaired) electrons. The minimum atomic E-state index is -0.657. The second-order valence-electron chi connectivity index (χ2n) is 7.76. The van der Waals surface area contributed by atoms with Crippen molar-refractivity contribution < 1.29 is 14.0 Å². The van der Waals surface area contributed by atoms with Crippen molar-refractivity contribution in [2.24, 2.45) is 0 Å². The Morgan fingerprint density at radius 3 is 2.47 bits per heavy atom. The summed E-state index contributed by atoms with van der Waals surface area (Å²) >= 11 is 1.50. The number of amides is 2. The summed E-state index contributed by atoms with van der Waals surface area (Å²) < 4.78 is 14.2. The number of nitrogens with zero attached hydrogens (tertiary/aromatic N) is 1. The number of carbonyl (C=O) groups excluding carboxylic acids is 2. The minimum absolute atomic E-state index is 0.0800. The summed E-state index contributed by atoms with van der Waals surface area (Å²) in [6.45, 7) is 1.81. The Morgan fingerprint density at radius 1 is 1.10 bits per heavy atom. The minimum Gasteiger partial charge on any atom is -0.352 e. The molecule has 160 valence electrons. The van der Waals surface area contributed by atoms with Gasteiger partial charge in [-0.25, -0.2) is 4.39 Å². The van der Waals surface area contributed by atoms with Gasteiger partial charge in [0.05, 0.1) is 5.75 Å². The molecule has 1 fully saturated rings. The van der Waals surface area contributed by atoms with Crippen molar-refractivity contribution in [3.05, 3.63) is 71.5 Å². The number of nitrogens with one attached hydrogen (secondary N) is 1. The predicted octanol–water partition coefficient (Wildman–Crippen LogP) is 4.54. The van der Waals surface area contributed by atoms with E-state index in [0.29, 0.717) is 11.3 Å². The standard InChI is InChI=1S/C24H29FN2O2S/c1-18(24(29)26-21-12-6-7-13-21)27(15-20-11-5-8-14-22(20)25)23(28)17-30-16-19-9-3-2-4-10-19/h2-5,8-11,14,18,21H,6-7,12-13,15-17H2,1H3,(H,26,29)/t18-/m0/s1. The highest BCUT2D eigenvalue weighted by Gasteiger charge is 2.28. The number of hydrogen-bond donors (Lipinski definition) is 1. The third-order valence-corrected chi connectivity index (χ3v) is 6.49. The number of hydrogen-bond acceptors (Lipinski definition) is 3. The van der Waals surface area contributed by atoms with Crippen LogP contribution in [0.3, 0.4) is 0 Å². The van der Waals surface area contributed by atoms with Gasteiger partial charge in [-0.2, -0.15) is 0 Å². The van der Waals surface area contributed by atoms with Gasteiger partial charge in [-0.3, -0.25) is 9.59 Å². The van der Waals surface area contributed by atoms with Gasteiger partial charge in [0, 0.05) is 23.9 Å². The summed E-state index contributed by atoms with van der Waals surface area (Å²) in [6, 6.07) is 15.9. The normalized spacial score (nSPS) is 15.0. The van der Waals surface area contributed by atoms with Crippen molar-refractivity contribution in [1.82, 2.24) is 10.2 Å². The highest BCUT2D eigenvalue weighted by molar-refractivity contribution is 7.99. The lowest BCUT2D eigenvalue weighted by Gasteiger charge is -2.29. The first-order valence-corrected chi connectivity index (χ1v) is 11.6. The van der Waals surface area contributed by atoms with Gasteiger partial charge in [0.2, 0.25) is 11.8 Å². The Hall–Kier alpha value is -2.34. The zero-order valence-corrected chi connectivity index (χ0v) is 18.2. The van der Waals surface area contributed by atoms with E-state index in [1.54, 1.807) is 25.1 Å². The molecule has 4 nitrogen and oxygen atoms in total. The molecule has 1 atom stereocenters. The molecule has 2 aromatic rings. The van der Waals surface area contributed by atoms with Gasteiger partial charge in [0.1, 0.15) is 11.9 Å². The fourth-order valence-electron chi connectivity index (χ4n) is 3.70. The van der Waals surface area contributed by atoms with E-state index in [0.717, 1.165) is 31.2 Å². The van der Waals surface area contributed by atoms with E-state index in [-0.39, 0.29) is 36.0 Å². The fourth-order valence-corrected chi connectivity index (χ4v) is 4.57. The van der Waals surface area contributed by atoms with Crippen molar-refractivity contribution in [2.45, 2.75) is 57.0 Å². The topological polar surface area (TPSA) is 49.4 Å². The van der Waals surface area contributed by atoms with Crippen LogP contribution in [0.2, 0.25) is 0 Å². The molecule has 1 saturated carbocycles. The molecule has 0 bridgehead atoms. The first-order chi connectivity index (χ1) is 14.5. The van der Waals surface area contributed by atoms with Crippen LogP contribution in [0.1, 0.15) is 43.7 Å². The van der Waals surface area contributed by atoms with Crippen LogP contribution in [0.15, 0.2) is 54.6 Å². The van der Waals surface area contributed by atoms with E-state index in [4.69, 9.17) is 0 Å². The number of carbonyl (C=O) groups is 2. The first-order valence-electron chi connectivity index (χ1n) is 10.5. The van der Waals surface area contributed by atoms with Crippen LogP contribution in [0.5, 0.6) is 0 Å². The molecule has 30 heavy (non-hydrogen) atoms. The third kappa shape index (κ3) is 6.33. The van der Waals surface area contributed by atoms with E-state index in [2.05, 4.69) is 5.32 Å². The third-order valence-electron chi connectivity index (χ3n) is 5.50.